The van der Waals surface area contributed by atoms with Gasteiger partial charge in [0.15, 0.2) is 6.29 Å². The lowest BCUT2D eigenvalue weighted by molar-refractivity contribution is -0.109. The summed E-state index contributed by atoms with van der Waals surface area (Å²) in [6, 6.07) is 6.43. The van der Waals surface area contributed by atoms with Gasteiger partial charge in [-0.15, -0.1) is 0 Å². The monoisotopic (exact) mass is 180 g/mol. The van der Waals surface area contributed by atoms with Crippen LogP contribution in [-0.4, -0.2) is 30.1 Å². The van der Waals surface area contributed by atoms with Gasteiger partial charge < -0.3 is 14.8 Å². The molecule has 5 heteroatoms. The van der Waals surface area contributed by atoms with E-state index in [0.717, 1.165) is 0 Å². The van der Waals surface area contributed by atoms with Crippen LogP contribution < -0.4 is 10.2 Å². The molecule has 1 aromatic rings. The quantitative estimate of drug-likeness (QED) is 0.458. The van der Waals surface area contributed by atoms with Crippen molar-refractivity contribution in [2.75, 3.05) is 6.61 Å². The molecule has 0 spiro atoms. The Balaban J connectivity index is 2.84. The van der Waals surface area contributed by atoms with Crippen LogP contribution in [0.15, 0.2) is 24.3 Å². The second kappa shape index (κ2) is 4.64. The molecule has 13 heavy (non-hydrogen) atoms. The lowest BCUT2D eigenvalue weighted by atomic mass is 9.80. The molecule has 0 fully saturated rings. The molecule has 0 aliphatic carbocycles. The molecule has 0 saturated heterocycles. The Morgan fingerprint density at radius 3 is 2.69 bits per heavy atom. The summed E-state index contributed by atoms with van der Waals surface area (Å²) in [6.45, 7) is -0.0935. The summed E-state index contributed by atoms with van der Waals surface area (Å²) < 4.78 is 4.96. The van der Waals surface area contributed by atoms with Crippen LogP contribution in [0.25, 0.3) is 0 Å². The Bertz CT molecular complexity index is 287. The van der Waals surface area contributed by atoms with E-state index in [9.17, 15) is 4.79 Å². The van der Waals surface area contributed by atoms with Gasteiger partial charge in [-0.2, -0.15) is 0 Å². The Morgan fingerprint density at radius 1 is 1.38 bits per heavy atom. The van der Waals surface area contributed by atoms with Crippen molar-refractivity contribution in [2.24, 2.45) is 0 Å². The van der Waals surface area contributed by atoms with E-state index in [1.54, 1.807) is 18.2 Å². The maximum absolute atomic E-state index is 10.0. The molecule has 4 nitrogen and oxygen atoms in total. The van der Waals surface area contributed by atoms with Crippen molar-refractivity contribution < 1.29 is 19.6 Å². The van der Waals surface area contributed by atoms with Crippen molar-refractivity contribution in [3.8, 4) is 5.75 Å². The molecule has 0 bridgehead atoms. The second-order valence-corrected chi connectivity index (χ2v) is 2.39. The van der Waals surface area contributed by atoms with Gasteiger partial charge in [0.2, 0.25) is 0 Å². The molecule has 2 N–H and O–H groups in total. The predicted molar refractivity (Wildman–Crippen MR) is 47.8 cm³/mol. The predicted octanol–water partition coefficient (Wildman–Crippen LogP) is -1.06. The fourth-order valence-electron chi connectivity index (χ4n) is 0.949. The summed E-state index contributed by atoms with van der Waals surface area (Å²) >= 11 is 0. The van der Waals surface area contributed by atoms with Gasteiger partial charge in [-0.3, -0.25) is 4.79 Å². The number of hydrogen-bond acceptors (Lipinski definition) is 4. The first-order valence-electron chi connectivity index (χ1n) is 3.77. The van der Waals surface area contributed by atoms with Crippen LogP contribution in [0, 0.1) is 0 Å². The summed E-state index contributed by atoms with van der Waals surface area (Å²) in [5, 5.41) is 17.8. The minimum atomic E-state index is -1.58. The highest BCUT2D eigenvalue weighted by atomic mass is 16.5. The standard InChI is InChI=1S/C8H9BO4/c10-5-6-13-8-4-2-1-3-7(8)9(11)12/h1-5,11-12H,6H2. The average molecular weight is 180 g/mol. The van der Waals surface area contributed by atoms with Gasteiger partial charge in [0.1, 0.15) is 12.4 Å². The van der Waals surface area contributed by atoms with E-state index in [1.165, 1.54) is 6.07 Å². The highest BCUT2D eigenvalue weighted by Crippen LogP contribution is 2.05. The topological polar surface area (TPSA) is 66.8 Å². The number of hydrogen-bond donors (Lipinski definition) is 2. The maximum atomic E-state index is 10.0. The Kier molecular flexibility index (Phi) is 3.48. The van der Waals surface area contributed by atoms with Crippen molar-refractivity contribution in [1.82, 2.24) is 0 Å². The van der Waals surface area contributed by atoms with Crippen LogP contribution in [0.4, 0.5) is 0 Å². The first-order valence-corrected chi connectivity index (χ1v) is 3.77. The van der Waals surface area contributed by atoms with Crippen LogP contribution in [-0.2, 0) is 4.79 Å². The molecule has 0 aliphatic rings. The number of rotatable bonds is 4. The second-order valence-electron chi connectivity index (χ2n) is 2.39. The Labute approximate surface area is 75.9 Å². The molecule has 0 radical (unpaired) electrons. The Morgan fingerprint density at radius 2 is 2.08 bits per heavy atom. The summed E-state index contributed by atoms with van der Waals surface area (Å²) in [6.07, 6.45) is 0.598. The van der Waals surface area contributed by atoms with Crippen molar-refractivity contribution in [3.63, 3.8) is 0 Å². The summed E-state index contributed by atoms with van der Waals surface area (Å²) in [7, 11) is -1.58. The molecule has 0 atom stereocenters. The number of para-hydroxylation sites is 1. The number of carbonyl (C=O) groups is 1. The van der Waals surface area contributed by atoms with E-state index in [2.05, 4.69) is 0 Å². The van der Waals surface area contributed by atoms with Crippen LogP contribution in [0.3, 0.4) is 0 Å². The molecule has 1 rings (SSSR count). The average Bonchev–Trinajstić information content (AvgIpc) is 2.15. The van der Waals surface area contributed by atoms with Gasteiger partial charge in [0.05, 0.1) is 0 Å². The van der Waals surface area contributed by atoms with E-state index >= 15 is 0 Å². The number of ether oxygens (including phenoxy) is 1. The fourth-order valence-corrected chi connectivity index (χ4v) is 0.949. The lowest BCUT2D eigenvalue weighted by Gasteiger charge is -2.07. The zero-order valence-electron chi connectivity index (χ0n) is 6.88. The van der Waals surface area contributed by atoms with E-state index in [0.29, 0.717) is 12.0 Å². The van der Waals surface area contributed by atoms with Crippen molar-refractivity contribution >= 4 is 18.9 Å². The fraction of sp³-hybridized carbons (Fsp3) is 0.125. The molecule has 0 aliphatic heterocycles. The minimum absolute atomic E-state index is 0.0935. The molecule has 0 heterocycles. The summed E-state index contributed by atoms with van der Waals surface area (Å²) in [5.74, 6) is 0.310. The smallest absolute Gasteiger partial charge is 0.487 e. The van der Waals surface area contributed by atoms with Crippen LogP contribution in [0.5, 0.6) is 5.75 Å². The van der Waals surface area contributed by atoms with Crippen molar-refractivity contribution in [1.29, 1.82) is 0 Å². The van der Waals surface area contributed by atoms with Gasteiger partial charge in [-0.1, -0.05) is 18.2 Å². The first kappa shape index (κ1) is 9.76. The molecular weight excluding hydrogens is 171 g/mol. The van der Waals surface area contributed by atoms with Crippen LogP contribution in [0.1, 0.15) is 0 Å². The highest BCUT2D eigenvalue weighted by Gasteiger charge is 2.15. The van der Waals surface area contributed by atoms with Gasteiger partial charge in [0.25, 0.3) is 0 Å². The zero-order chi connectivity index (χ0) is 9.68. The van der Waals surface area contributed by atoms with Crippen molar-refractivity contribution in [3.05, 3.63) is 24.3 Å². The Hall–Kier alpha value is -1.33. The molecular formula is C8H9BO4. The van der Waals surface area contributed by atoms with Crippen LogP contribution in [0.2, 0.25) is 0 Å². The zero-order valence-corrected chi connectivity index (χ0v) is 6.88. The molecule has 0 aromatic heterocycles. The third kappa shape index (κ3) is 2.57. The van der Waals surface area contributed by atoms with E-state index in [4.69, 9.17) is 14.8 Å². The number of carbonyl (C=O) groups excluding carboxylic acids is 1. The van der Waals surface area contributed by atoms with Crippen LogP contribution >= 0.6 is 0 Å². The van der Waals surface area contributed by atoms with Crippen molar-refractivity contribution in [2.45, 2.75) is 0 Å². The third-order valence-corrected chi connectivity index (χ3v) is 1.50. The normalized spacial score (nSPS) is 9.38. The van der Waals surface area contributed by atoms with E-state index in [1.807, 2.05) is 0 Å². The minimum Gasteiger partial charge on any atom is -0.487 e. The van der Waals surface area contributed by atoms with E-state index < -0.39 is 7.12 Å². The molecule has 0 unspecified atom stereocenters. The largest absolute Gasteiger partial charge is 0.492 e. The summed E-state index contributed by atoms with van der Waals surface area (Å²) in [4.78, 5) is 10.0. The molecule has 1 aromatic carbocycles. The van der Waals surface area contributed by atoms with Gasteiger partial charge in [-0.05, 0) is 6.07 Å². The molecule has 0 amide bonds. The summed E-state index contributed by atoms with van der Waals surface area (Å²) in [5.41, 5.74) is 0.254. The van der Waals surface area contributed by atoms with Gasteiger partial charge in [-0.25, -0.2) is 0 Å². The number of benzene rings is 1. The first-order chi connectivity index (χ1) is 6.25. The van der Waals surface area contributed by atoms with E-state index in [-0.39, 0.29) is 12.1 Å². The number of aldehydes is 1. The SMILES string of the molecule is O=CCOc1ccccc1B(O)O. The van der Waals surface area contributed by atoms with Gasteiger partial charge >= 0.3 is 7.12 Å². The maximum Gasteiger partial charge on any atom is 0.492 e. The third-order valence-electron chi connectivity index (χ3n) is 1.50. The molecule has 0 saturated carbocycles. The van der Waals surface area contributed by atoms with Gasteiger partial charge in [0, 0.05) is 5.46 Å². The molecule has 68 valence electrons. The lowest BCUT2D eigenvalue weighted by Crippen LogP contribution is -2.31. The highest BCUT2D eigenvalue weighted by molar-refractivity contribution is 6.59.